The van der Waals surface area contributed by atoms with E-state index in [1.165, 1.54) is 0 Å². The van der Waals surface area contributed by atoms with Crippen molar-refractivity contribution in [2.75, 3.05) is 38.0 Å². The van der Waals surface area contributed by atoms with Crippen molar-refractivity contribution in [3.63, 3.8) is 0 Å². The van der Waals surface area contributed by atoms with Gasteiger partial charge in [0.05, 0.1) is 6.20 Å². The minimum atomic E-state index is 0.695. The van der Waals surface area contributed by atoms with E-state index in [9.17, 15) is 0 Å². The molecule has 2 aromatic heterocycles. The van der Waals surface area contributed by atoms with E-state index in [-0.39, 0.29) is 0 Å². The van der Waals surface area contributed by atoms with Crippen LogP contribution in [0.2, 0.25) is 0 Å². The van der Waals surface area contributed by atoms with Crippen LogP contribution >= 0.6 is 0 Å². The molecule has 0 bridgehead atoms. The Labute approximate surface area is 94.5 Å². The highest BCUT2D eigenvalue weighted by Gasteiger charge is 2.12. The smallest absolute Gasteiger partial charge is 0.226 e. The molecule has 86 valence electrons. The molecule has 2 rings (SSSR count). The lowest BCUT2D eigenvalue weighted by atomic mass is 10.5. The van der Waals surface area contributed by atoms with Gasteiger partial charge < -0.3 is 9.80 Å². The van der Waals surface area contributed by atoms with Crippen LogP contribution in [0.5, 0.6) is 0 Å². The summed E-state index contributed by atoms with van der Waals surface area (Å²) >= 11 is 0. The standard InChI is InChI=1S/C10H16N6/c1-14(2)9-11-6-7-8(13-9)16(5)10(12-7)15(3)4/h6H,1-5H3. The molecule has 0 spiro atoms. The summed E-state index contributed by atoms with van der Waals surface area (Å²) in [6, 6.07) is 0. The number of aryl methyl sites for hydroxylation is 1. The zero-order valence-corrected chi connectivity index (χ0v) is 10.3. The molecule has 0 unspecified atom stereocenters. The van der Waals surface area contributed by atoms with Gasteiger partial charge in [-0.05, 0) is 0 Å². The first-order chi connectivity index (χ1) is 7.50. The highest BCUT2D eigenvalue weighted by molar-refractivity contribution is 5.74. The van der Waals surface area contributed by atoms with Crippen molar-refractivity contribution in [1.29, 1.82) is 0 Å². The van der Waals surface area contributed by atoms with Crippen molar-refractivity contribution >= 4 is 23.1 Å². The van der Waals surface area contributed by atoms with Gasteiger partial charge in [-0.25, -0.2) is 9.97 Å². The lowest BCUT2D eigenvalue weighted by Gasteiger charge is -2.11. The van der Waals surface area contributed by atoms with Gasteiger partial charge in [-0.3, -0.25) is 4.57 Å². The fourth-order valence-electron chi connectivity index (χ4n) is 1.58. The van der Waals surface area contributed by atoms with Gasteiger partial charge in [-0.15, -0.1) is 0 Å². The Kier molecular flexibility index (Phi) is 2.41. The highest BCUT2D eigenvalue weighted by Crippen LogP contribution is 2.18. The second kappa shape index (κ2) is 3.62. The van der Waals surface area contributed by atoms with Gasteiger partial charge in [0.2, 0.25) is 11.9 Å². The summed E-state index contributed by atoms with van der Waals surface area (Å²) in [5.74, 6) is 1.57. The molecular weight excluding hydrogens is 204 g/mol. The molecule has 0 atom stereocenters. The first-order valence-electron chi connectivity index (χ1n) is 5.05. The quantitative estimate of drug-likeness (QED) is 0.737. The fraction of sp³-hybridized carbons (Fsp3) is 0.500. The molecule has 0 fully saturated rings. The van der Waals surface area contributed by atoms with Gasteiger partial charge in [0.1, 0.15) is 5.52 Å². The predicted molar refractivity (Wildman–Crippen MR) is 65.0 cm³/mol. The zero-order valence-electron chi connectivity index (χ0n) is 10.3. The lowest BCUT2D eigenvalue weighted by molar-refractivity contribution is 0.876. The number of imidazole rings is 1. The van der Waals surface area contributed by atoms with Gasteiger partial charge in [0.25, 0.3) is 0 Å². The molecule has 0 aliphatic carbocycles. The average Bonchev–Trinajstić information content (AvgIpc) is 2.56. The summed E-state index contributed by atoms with van der Waals surface area (Å²) in [7, 11) is 9.72. The molecule has 0 saturated heterocycles. The van der Waals surface area contributed by atoms with E-state index in [1.54, 1.807) is 6.20 Å². The molecule has 0 amide bonds. The number of fused-ring (bicyclic) bond motifs is 1. The van der Waals surface area contributed by atoms with E-state index in [1.807, 2.05) is 49.6 Å². The molecule has 2 heterocycles. The largest absolute Gasteiger partial charge is 0.348 e. The van der Waals surface area contributed by atoms with Crippen molar-refractivity contribution in [2.24, 2.45) is 7.05 Å². The molecule has 16 heavy (non-hydrogen) atoms. The molecule has 6 nitrogen and oxygen atoms in total. The zero-order chi connectivity index (χ0) is 11.9. The van der Waals surface area contributed by atoms with E-state index in [2.05, 4.69) is 15.0 Å². The van der Waals surface area contributed by atoms with Crippen LogP contribution in [0.1, 0.15) is 0 Å². The Morgan fingerprint density at radius 3 is 2.31 bits per heavy atom. The number of hydrogen-bond donors (Lipinski definition) is 0. The van der Waals surface area contributed by atoms with Gasteiger partial charge in [-0.1, -0.05) is 0 Å². The van der Waals surface area contributed by atoms with Crippen molar-refractivity contribution in [3.8, 4) is 0 Å². The number of nitrogens with zero attached hydrogens (tertiary/aromatic N) is 6. The minimum absolute atomic E-state index is 0.695. The summed E-state index contributed by atoms with van der Waals surface area (Å²) in [5, 5.41) is 0. The van der Waals surface area contributed by atoms with E-state index >= 15 is 0 Å². The average molecular weight is 220 g/mol. The molecule has 0 aliphatic rings. The van der Waals surface area contributed by atoms with Crippen LogP contribution in [-0.2, 0) is 7.05 Å². The number of aromatic nitrogens is 4. The third-order valence-corrected chi connectivity index (χ3v) is 2.38. The molecule has 6 heteroatoms. The molecular formula is C10H16N6. The fourth-order valence-corrected chi connectivity index (χ4v) is 1.58. The van der Waals surface area contributed by atoms with Gasteiger partial charge in [0.15, 0.2) is 5.65 Å². The van der Waals surface area contributed by atoms with Crippen molar-refractivity contribution < 1.29 is 0 Å². The van der Waals surface area contributed by atoms with E-state index in [4.69, 9.17) is 0 Å². The Morgan fingerprint density at radius 2 is 1.75 bits per heavy atom. The summed E-state index contributed by atoms with van der Waals surface area (Å²) < 4.78 is 1.96. The van der Waals surface area contributed by atoms with Crippen LogP contribution in [0.4, 0.5) is 11.9 Å². The van der Waals surface area contributed by atoms with Crippen LogP contribution in [0.25, 0.3) is 11.2 Å². The summed E-state index contributed by atoms with van der Waals surface area (Å²) in [6.45, 7) is 0. The molecule has 0 radical (unpaired) electrons. The maximum absolute atomic E-state index is 4.47. The topological polar surface area (TPSA) is 50.1 Å². The Balaban J connectivity index is 2.64. The SMILES string of the molecule is CN(C)c1ncc2nc(N(C)C)n(C)c2n1. The maximum atomic E-state index is 4.47. The molecule has 0 saturated carbocycles. The number of anilines is 2. The first kappa shape index (κ1) is 10.7. The minimum Gasteiger partial charge on any atom is -0.348 e. The summed E-state index contributed by atoms with van der Waals surface area (Å²) in [4.78, 5) is 17.0. The summed E-state index contributed by atoms with van der Waals surface area (Å²) in [5.41, 5.74) is 1.67. The van der Waals surface area contributed by atoms with Crippen LogP contribution in [-0.4, -0.2) is 47.7 Å². The molecule has 2 aromatic rings. The highest BCUT2D eigenvalue weighted by atomic mass is 15.3. The van der Waals surface area contributed by atoms with Gasteiger partial charge >= 0.3 is 0 Å². The van der Waals surface area contributed by atoms with Gasteiger partial charge in [-0.2, -0.15) is 4.98 Å². The third kappa shape index (κ3) is 1.56. The van der Waals surface area contributed by atoms with Crippen LogP contribution in [0.15, 0.2) is 6.20 Å². The Morgan fingerprint density at radius 1 is 1.06 bits per heavy atom. The van der Waals surface area contributed by atoms with E-state index < -0.39 is 0 Å². The summed E-state index contributed by atoms with van der Waals surface area (Å²) in [6.07, 6.45) is 1.75. The van der Waals surface area contributed by atoms with Crippen molar-refractivity contribution in [2.45, 2.75) is 0 Å². The van der Waals surface area contributed by atoms with Crippen LogP contribution < -0.4 is 9.80 Å². The normalized spacial score (nSPS) is 10.8. The van der Waals surface area contributed by atoms with Crippen molar-refractivity contribution in [1.82, 2.24) is 19.5 Å². The molecule has 0 N–H and O–H groups in total. The second-order valence-corrected chi connectivity index (χ2v) is 4.14. The second-order valence-electron chi connectivity index (χ2n) is 4.14. The monoisotopic (exact) mass is 220 g/mol. The Hall–Kier alpha value is -1.85. The van der Waals surface area contributed by atoms with Crippen LogP contribution in [0.3, 0.4) is 0 Å². The third-order valence-electron chi connectivity index (χ3n) is 2.38. The van der Waals surface area contributed by atoms with E-state index in [0.29, 0.717) is 5.95 Å². The lowest BCUT2D eigenvalue weighted by Crippen LogP contribution is -2.14. The molecule has 0 aliphatic heterocycles. The first-order valence-corrected chi connectivity index (χ1v) is 5.05. The number of rotatable bonds is 2. The van der Waals surface area contributed by atoms with Crippen LogP contribution in [0, 0.1) is 0 Å². The van der Waals surface area contributed by atoms with Crippen molar-refractivity contribution in [3.05, 3.63) is 6.20 Å². The Bertz CT molecular complexity index is 513. The van der Waals surface area contributed by atoms with Gasteiger partial charge in [0, 0.05) is 35.2 Å². The number of hydrogen-bond acceptors (Lipinski definition) is 5. The molecule has 0 aromatic carbocycles. The maximum Gasteiger partial charge on any atom is 0.226 e. The van der Waals surface area contributed by atoms with E-state index in [0.717, 1.165) is 17.1 Å². The predicted octanol–water partition coefficient (Wildman–Crippen LogP) is 0.495.